The van der Waals surface area contributed by atoms with Gasteiger partial charge >= 0.3 is 0 Å². The first-order valence-corrected chi connectivity index (χ1v) is 5.22. The highest BCUT2D eigenvalue weighted by Crippen LogP contribution is 2.17. The number of pyridine rings is 1. The van der Waals surface area contributed by atoms with Crippen LogP contribution in [0, 0.1) is 0 Å². The Morgan fingerprint density at radius 1 is 1.11 bits per heavy atom. The van der Waals surface area contributed by atoms with Gasteiger partial charge in [-0.1, -0.05) is 18.2 Å². The van der Waals surface area contributed by atoms with Crippen molar-refractivity contribution in [3.05, 3.63) is 45.0 Å². The third-order valence-corrected chi connectivity index (χ3v) is 2.71. The van der Waals surface area contributed by atoms with E-state index in [1.54, 1.807) is 24.3 Å². The number of fused-ring (bicyclic) bond motifs is 3. The predicted molar refractivity (Wildman–Crippen MR) is 68.3 cm³/mol. The van der Waals surface area contributed by atoms with Gasteiger partial charge < -0.3 is 4.98 Å². The molecule has 0 spiro atoms. The summed E-state index contributed by atoms with van der Waals surface area (Å²) in [5.41, 5.74) is 2.21. The van der Waals surface area contributed by atoms with Crippen LogP contribution in [0.2, 0.25) is 0 Å². The lowest BCUT2D eigenvalue weighted by Crippen LogP contribution is -2.22. The zero-order chi connectivity index (χ0) is 12.7. The fourth-order valence-corrected chi connectivity index (χ4v) is 1.93. The van der Waals surface area contributed by atoms with Gasteiger partial charge in [0.25, 0.3) is 11.1 Å². The number of hydrogen-bond acceptors (Lipinski definition) is 5. The van der Waals surface area contributed by atoms with Crippen molar-refractivity contribution in [1.29, 1.82) is 0 Å². The number of nitrogens with two attached hydrogens (primary N) is 1. The number of aromatic nitrogens is 3. The van der Waals surface area contributed by atoms with E-state index in [1.165, 1.54) is 0 Å². The van der Waals surface area contributed by atoms with Gasteiger partial charge in [-0.25, -0.2) is 10.8 Å². The monoisotopic (exact) mass is 243 g/mol. The van der Waals surface area contributed by atoms with Gasteiger partial charge in [-0.3, -0.25) is 20.0 Å². The fourth-order valence-electron chi connectivity index (χ4n) is 1.93. The van der Waals surface area contributed by atoms with Gasteiger partial charge in [-0.05, 0) is 6.07 Å². The summed E-state index contributed by atoms with van der Waals surface area (Å²) in [4.78, 5) is 32.8. The van der Waals surface area contributed by atoms with E-state index in [1.807, 2.05) is 0 Å². The highest BCUT2D eigenvalue weighted by molar-refractivity contribution is 6.02. The standard InChI is InChI=1S/C11H9N5O2/c12-16-11-14-8-5-3-1-2-4-6(5)13-9(17)7(8)10(18)15-11/h1-4H,12H2,(H,13,17)(H2,14,15,16,18). The molecule has 2 heterocycles. The number of nitrogen functional groups attached to an aromatic ring is 1. The molecule has 5 N–H and O–H groups in total. The average Bonchev–Trinajstić information content (AvgIpc) is 2.38. The minimum Gasteiger partial charge on any atom is -0.321 e. The van der Waals surface area contributed by atoms with E-state index in [9.17, 15) is 9.59 Å². The first-order valence-electron chi connectivity index (χ1n) is 5.22. The van der Waals surface area contributed by atoms with Crippen LogP contribution in [0.5, 0.6) is 0 Å². The minimum atomic E-state index is -0.528. The molecule has 0 saturated carbocycles. The third-order valence-electron chi connectivity index (χ3n) is 2.71. The van der Waals surface area contributed by atoms with E-state index in [2.05, 4.69) is 20.4 Å². The molecule has 2 aromatic heterocycles. The Balaban J connectivity index is 2.66. The molecule has 7 nitrogen and oxygen atoms in total. The summed E-state index contributed by atoms with van der Waals surface area (Å²) in [6.07, 6.45) is 0. The summed E-state index contributed by atoms with van der Waals surface area (Å²) in [7, 11) is 0. The lowest BCUT2D eigenvalue weighted by Gasteiger charge is -2.04. The SMILES string of the molecule is NNc1nc2c(c(=O)[nH]1)c(=O)[nH]c1ccccc12. The Hall–Kier alpha value is -2.67. The second-order valence-electron chi connectivity index (χ2n) is 3.78. The molecule has 0 aliphatic heterocycles. The third kappa shape index (κ3) is 1.38. The number of benzene rings is 1. The molecule has 1 aromatic carbocycles. The molecule has 0 aliphatic carbocycles. The predicted octanol–water partition coefficient (Wildman–Crippen LogP) is 0.0502. The van der Waals surface area contributed by atoms with Gasteiger partial charge in [0.05, 0.1) is 11.0 Å². The molecular weight excluding hydrogens is 234 g/mol. The molecule has 0 aliphatic rings. The summed E-state index contributed by atoms with van der Waals surface area (Å²) in [6, 6.07) is 7.12. The molecule has 0 amide bonds. The molecule has 0 saturated heterocycles. The smallest absolute Gasteiger partial charge is 0.265 e. The van der Waals surface area contributed by atoms with Gasteiger partial charge in [0.15, 0.2) is 0 Å². The van der Waals surface area contributed by atoms with Crippen molar-refractivity contribution in [2.24, 2.45) is 5.84 Å². The topological polar surface area (TPSA) is 117 Å². The van der Waals surface area contributed by atoms with Crippen LogP contribution in [0.15, 0.2) is 33.9 Å². The van der Waals surface area contributed by atoms with Gasteiger partial charge in [-0.15, -0.1) is 0 Å². The number of nitrogens with zero attached hydrogens (tertiary/aromatic N) is 1. The Morgan fingerprint density at radius 2 is 1.83 bits per heavy atom. The van der Waals surface area contributed by atoms with Crippen molar-refractivity contribution >= 4 is 27.8 Å². The number of rotatable bonds is 1. The Labute approximate surface area is 99.6 Å². The molecule has 3 rings (SSSR count). The van der Waals surface area contributed by atoms with Crippen molar-refractivity contribution in [2.45, 2.75) is 0 Å². The molecule has 0 atom stereocenters. The average molecular weight is 243 g/mol. The van der Waals surface area contributed by atoms with E-state index in [0.717, 1.165) is 0 Å². The molecule has 90 valence electrons. The molecule has 0 bridgehead atoms. The van der Waals surface area contributed by atoms with Crippen LogP contribution < -0.4 is 22.4 Å². The van der Waals surface area contributed by atoms with E-state index < -0.39 is 11.1 Å². The Kier molecular flexibility index (Phi) is 2.14. The van der Waals surface area contributed by atoms with Crippen molar-refractivity contribution in [3.63, 3.8) is 0 Å². The summed E-state index contributed by atoms with van der Waals surface area (Å²) in [5.74, 6) is 5.34. The highest BCUT2D eigenvalue weighted by atomic mass is 16.1. The molecule has 7 heteroatoms. The van der Waals surface area contributed by atoms with Gasteiger partial charge in [-0.2, -0.15) is 0 Å². The lowest BCUT2D eigenvalue weighted by atomic mass is 10.1. The first-order chi connectivity index (χ1) is 8.70. The van der Waals surface area contributed by atoms with Gasteiger partial charge in [0.1, 0.15) is 5.39 Å². The van der Waals surface area contributed by atoms with Crippen LogP contribution in [-0.2, 0) is 0 Å². The zero-order valence-electron chi connectivity index (χ0n) is 9.15. The van der Waals surface area contributed by atoms with Crippen LogP contribution in [0.1, 0.15) is 0 Å². The minimum absolute atomic E-state index is 0.00676. The summed E-state index contributed by atoms with van der Waals surface area (Å²) >= 11 is 0. The molecule has 18 heavy (non-hydrogen) atoms. The second-order valence-corrected chi connectivity index (χ2v) is 3.78. The zero-order valence-corrected chi connectivity index (χ0v) is 9.15. The normalized spacial score (nSPS) is 10.9. The number of nitrogens with one attached hydrogen (secondary N) is 3. The van der Waals surface area contributed by atoms with E-state index in [0.29, 0.717) is 16.4 Å². The Morgan fingerprint density at radius 3 is 2.61 bits per heavy atom. The molecule has 0 unspecified atom stereocenters. The van der Waals surface area contributed by atoms with Crippen LogP contribution in [-0.4, -0.2) is 15.0 Å². The maximum Gasteiger partial charge on any atom is 0.265 e. The largest absolute Gasteiger partial charge is 0.321 e. The molecular formula is C11H9N5O2. The number of H-pyrrole nitrogens is 2. The number of anilines is 1. The van der Waals surface area contributed by atoms with E-state index in [4.69, 9.17) is 5.84 Å². The molecule has 0 fully saturated rings. The maximum absolute atomic E-state index is 11.8. The summed E-state index contributed by atoms with van der Waals surface area (Å²) in [5, 5.41) is 0.683. The second kappa shape index (κ2) is 3.67. The summed E-state index contributed by atoms with van der Waals surface area (Å²) < 4.78 is 0. The maximum atomic E-state index is 11.8. The van der Waals surface area contributed by atoms with Crippen LogP contribution in [0.25, 0.3) is 21.8 Å². The van der Waals surface area contributed by atoms with Gasteiger partial charge in [0, 0.05) is 5.39 Å². The number of hydrogen-bond donors (Lipinski definition) is 4. The van der Waals surface area contributed by atoms with Crippen molar-refractivity contribution < 1.29 is 0 Å². The fraction of sp³-hybridized carbons (Fsp3) is 0. The van der Waals surface area contributed by atoms with Gasteiger partial charge in [0.2, 0.25) is 5.95 Å². The van der Waals surface area contributed by atoms with E-state index >= 15 is 0 Å². The quantitative estimate of drug-likeness (QED) is 0.274. The lowest BCUT2D eigenvalue weighted by molar-refractivity contribution is 1.11. The summed E-state index contributed by atoms with van der Waals surface area (Å²) in [6.45, 7) is 0. The van der Waals surface area contributed by atoms with Crippen molar-refractivity contribution in [3.8, 4) is 0 Å². The van der Waals surface area contributed by atoms with Crippen molar-refractivity contribution in [1.82, 2.24) is 15.0 Å². The Bertz CT molecular complexity index is 865. The van der Waals surface area contributed by atoms with Crippen LogP contribution in [0.4, 0.5) is 5.95 Å². The van der Waals surface area contributed by atoms with Crippen LogP contribution >= 0.6 is 0 Å². The molecule has 3 aromatic rings. The number of aromatic amines is 2. The molecule has 0 radical (unpaired) electrons. The van der Waals surface area contributed by atoms with Crippen molar-refractivity contribution in [2.75, 3.05) is 5.43 Å². The first kappa shape index (κ1) is 10.5. The highest BCUT2D eigenvalue weighted by Gasteiger charge is 2.11. The van der Waals surface area contributed by atoms with Crippen LogP contribution in [0.3, 0.4) is 0 Å². The van der Waals surface area contributed by atoms with E-state index in [-0.39, 0.29) is 11.3 Å². The number of para-hydroxylation sites is 1. The number of hydrazine groups is 1.